The third-order valence-electron chi connectivity index (χ3n) is 4.90. The number of hydrogen-bond acceptors (Lipinski definition) is 4. The van der Waals surface area contributed by atoms with Gasteiger partial charge in [-0.2, -0.15) is 5.10 Å². The Morgan fingerprint density at radius 1 is 1.45 bits per heavy atom. The van der Waals surface area contributed by atoms with Crippen LogP contribution in [0.3, 0.4) is 0 Å². The van der Waals surface area contributed by atoms with Crippen LogP contribution in [0, 0.1) is 5.82 Å². The number of fused-ring (bicyclic) bond motifs is 3. The van der Waals surface area contributed by atoms with Gasteiger partial charge in [-0.3, -0.25) is 14.3 Å². The Morgan fingerprint density at radius 2 is 2.24 bits per heavy atom. The molecule has 0 aliphatic carbocycles. The molecule has 2 aliphatic heterocycles. The van der Waals surface area contributed by atoms with E-state index in [0.29, 0.717) is 35.6 Å². The zero-order valence-corrected chi connectivity index (χ0v) is 16.2. The van der Waals surface area contributed by atoms with Crippen molar-refractivity contribution in [3.8, 4) is 0 Å². The van der Waals surface area contributed by atoms with Gasteiger partial charge in [-0.1, -0.05) is 11.6 Å². The number of carbonyl (C=O) groups excluding carboxylic acids is 2. The van der Waals surface area contributed by atoms with Crippen LogP contribution in [0.4, 0.5) is 19.3 Å². The van der Waals surface area contributed by atoms with Crippen molar-refractivity contribution < 1.29 is 23.2 Å². The largest absolute Gasteiger partial charge is 0.322 e. The van der Waals surface area contributed by atoms with E-state index in [1.165, 1.54) is 34.8 Å². The highest BCUT2D eigenvalue weighted by Gasteiger charge is 2.35. The van der Waals surface area contributed by atoms with Gasteiger partial charge in [0, 0.05) is 31.3 Å². The first-order chi connectivity index (χ1) is 13.9. The molecule has 1 aromatic heterocycles. The molecule has 0 bridgehead atoms. The van der Waals surface area contributed by atoms with Crippen LogP contribution in [0.15, 0.2) is 18.2 Å². The van der Waals surface area contributed by atoms with Crippen LogP contribution < -0.4 is 5.32 Å². The average molecular weight is 426 g/mol. The summed E-state index contributed by atoms with van der Waals surface area (Å²) >= 11 is 5.75. The van der Waals surface area contributed by atoms with Gasteiger partial charge in [-0.15, -0.1) is 0 Å². The minimum atomic E-state index is -0.811. The number of rotatable bonds is 2. The Balaban J connectivity index is 1.57. The number of carbonyl (C=O) groups is 2. The van der Waals surface area contributed by atoms with Gasteiger partial charge >= 0.3 is 6.03 Å². The maximum atomic E-state index is 13.3. The van der Waals surface area contributed by atoms with Crippen LogP contribution in [0.25, 0.3) is 0 Å². The number of urea groups is 1. The second kappa shape index (κ2) is 7.60. The highest BCUT2D eigenvalue weighted by molar-refractivity contribution is 6.31. The van der Waals surface area contributed by atoms with Gasteiger partial charge in [0.15, 0.2) is 0 Å². The third-order valence-corrected chi connectivity index (χ3v) is 5.19. The molecule has 154 valence electrons. The lowest BCUT2D eigenvalue weighted by atomic mass is 10.1. The molecule has 3 heterocycles. The molecule has 3 amide bonds. The van der Waals surface area contributed by atoms with Gasteiger partial charge in [-0.25, -0.2) is 18.6 Å². The molecular formula is C18H18ClF2N5O3. The van der Waals surface area contributed by atoms with Crippen molar-refractivity contribution in [2.45, 2.75) is 25.6 Å². The fourth-order valence-corrected chi connectivity index (χ4v) is 3.65. The van der Waals surface area contributed by atoms with E-state index in [1.807, 2.05) is 0 Å². The molecule has 2 aromatic rings. The van der Waals surface area contributed by atoms with Crippen LogP contribution in [-0.4, -0.2) is 58.1 Å². The Bertz CT molecular complexity index is 983. The summed E-state index contributed by atoms with van der Waals surface area (Å²) in [6.07, 6.45) is -0.361. The van der Waals surface area contributed by atoms with Crippen molar-refractivity contribution in [2.75, 3.05) is 25.6 Å². The van der Waals surface area contributed by atoms with E-state index in [0.717, 1.165) is 5.06 Å². The molecular weight excluding hydrogens is 408 g/mol. The molecule has 0 saturated carbocycles. The highest BCUT2D eigenvalue weighted by Crippen LogP contribution is 2.27. The first kappa shape index (κ1) is 19.6. The van der Waals surface area contributed by atoms with Crippen molar-refractivity contribution in [3.05, 3.63) is 46.0 Å². The van der Waals surface area contributed by atoms with Crippen LogP contribution >= 0.6 is 11.6 Å². The number of benzene rings is 1. The van der Waals surface area contributed by atoms with Crippen molar-refractivity contribution in [1.82, 2.24) is 19.7 Å². The number of amides is 3. The first-order valence-electron chi connectivity index (χ1n) is 8.97. The number of nitrogens with zero attached hydrogens (tertiary/aromatic N) is 4. The van der Waals surface area contributed by atoms with E-state index in [9.17, 15) is 18.4 Å². The fraction of sp³-hybridized carbons (Fsp3) is 0.389. The molecule has 4 rings (SSSR count). The fourth-order valence-electron chi connectivity index (χ4n) is 3.47. The Morgan fingerprint density at radius 3 is 2.97 bits per heavy atom. The van der Waals surface area contributed by atoms with Gasteiger partial charge < -0.3 is 10.2 Å². The molecule has 0 fully saturated rings. The summed E-state index contributed by atoms with van der Waals surface area (Å²) in [5.74, 6) is -1.02. The lowest BCUT2D eigenvalue weighted by molar-refractivity contribution is -0.152. The summed E-state index contributed by atoms with van der Waals surface area (Å²) < 4.78 is 27.9. The van der Waals surface area contributed by atoms with Gasteiger partial charge in [-0.05, 0) is 18.2 Å². The van der Waals surface area contributed by atoms with Crippen molar-refractivity contribution in [3.63, 3.8) is 0 Å². The predicted octanol–water partition coefficient (Wildman–Crippen LogP) is 2.62. The molecule has 1 N–H and O–H groups in total. The Hall–Kier alpha value is -2.72. The molecule has 1 unspecified atom stereocenters. The van der Waals surface area contributed by atoms with E-state index < -0.39 is 30.5 Å². The SMILES string of the molecule is CN1OC(CF)Cn2nc3c(c2C1=O)CN(C(=O)Nc1ccc(F)c(Cl)c1)CC3. The summed E-state index contributed by atoms with van der Waals surface area (Å²) in [6, 6.07) is 3.49. The van der Waals surface area contributed by atoms with Gasteiger partial charge in [0.25, 0.3) is 5.91 Å². The maximum Gasteiger partial charge on any atom is 0.322 e. The second-order valence-electron chi connectivity index (χ2n) is 6.87. The van der Waals surface area contributed by atoms with Gasteiger partial charge in [0.2, 0.25) is 0 Å². The lowest BCUT2D eigenvalue weighted by Crippen LogP contribution is -2.39. The molecule has 0 spiro atoms. The number of alkyl halides is 1. The van der Waals surface area contributed by atoms with Crippen LogP contribution in [0.1, 0.15) is 21.7 Å². The molecule has 11 heteroatoms. The van der Waals surface area contributed by atoms with Gasteiger partial charge in [0.05, 0.1) is 23.8 Å². The minimum Gasteiger partial charge on any atom is -0.320 e. The molecule has 8 nitrogen and oxygen atoms in total. The van der Waals surface area contributed by atoms with E-state index in [-0.39, 0.29) is 18.1 Å². The van der Waals surface area contributed by atoms with Crippen LogP contribution in [-0.2, 0) is 24.3 Å². The smallest absolute Gasteiger partial charge is 0.320 e. The van der Waals surface area contributed by atoms with Crippen molar-refractivity contribution >= 4 is 29.2 Å². The zero-order valence-electron chi connectivity index (χ0n) is 15.5. The minimum absolute atomic E-state index is 0.0956. The van der Waals surface area contributed by atoms with E-state index in [2.05, 4.69) is 10.4 Å². The standard InChI is InChI=1S/C18H18ClF2N5O3/c1-24-17(27)16-12-9-25(18(28)22-10-2-3-14(21)13(19)6-10)5-4-15(12)23-26(16)8-11(7-20)29-24/h2-3,6,11H,4-5,7-9H2,1H3,(H,22,28). The Labute approximate surface area is 169 Å². The number of nitrogens with one attached hydrogen (secondary N) is 1. The summed E-state index contributed by atoms with van der Waals surface area (Å²) in [7, 11) is 1.42. The molecule has 29 heavy (non-hydrogen) atoms. The van der Waals surface area contributed by atoms with E-state index in [4.69, 9.17) is 16.4 Å². The highest BCUT2D eigenvalue weighted by atomic mass is 35.5. The molecule has 0 radical (unpaired) electrons. The summed E-state index contributed by atoms with van der Waals surface area (Å²) in [6.45, 7) is -0.103. The number of hydroxylamine groups is 2. The second-order valence-corrected chi connectivity index (χ2v) is 7.28. The van der Waals surface area contributed by atoms with E-state index in [1.54, 1.807) is 0 Å². The van der Waals surface area contributed by atoms with Gasteiger partial charge in [0.1, 0.15) is 24.3 Å². The maximum absolute atomic E-state index is 13.3. The number of aromatic nitrogens is 2. The average Bonchev–Trinajstić information content (AvgIpc) is 3.00. The van der Waals surface area contributed by atoms with Crippen LogP contribution in [0.5, 0.6) is 0 Å². The molecule has 1 atom stereocenters. The first-order valence-corrected chi connectivity index (χ1v) is 9.35. The topological polar surface area (TPSA) is 79.7 Å². The van der Waals surface area contributed by atoms with Crippen LogP contribution in [0.2, 0.25) is 5.02 Å². The third kappa shape index (κ3) is 3.65. The monoisotopic (exact) mass is 425 g/mol. The summed E-state index contributed by atoms with van der Waals surface area (Å²) in [5, 5.41) is 8.02. The quantitative estimate of drug-likeness (QED) is 0.802. The number of anilines is 1. The van der Waals surface area contributed by atoms with Crippen molar-refractivity contribution in [2.24, 2.45) is 0 Å². The van der Waals surface area contributed by atoms with Crippen molar-refractivity contribution in [1.29, 1.82) is 0 Å². The molecule has 1 aromatic carbocycles. The Kier molecular flexibility index (Phi) is 5.13. The summed E-state index contributed by atoms with van der Waals surface area (Å²) in [5.41, 5.74) is 1.97. The lowest BCUT2D eigenvalue weighted by Gasteiger charge is -2.27. The molecule has 0 saturated heterocycles. The zero-order chi connectivity index (χ0) is 20.7. The normalized spacial score (nSPS) is 18.9. The summed E-state index contributed by atoms with van der Waals surface area (Å²) in [4.78, 5) is 32.2. The number of halogens is 3. The predicted molar refractivity (Wildman–Crippen MR) is 99.7 cm³/mol. The van der Waals surface area contributed by atoms with E-state index >= 15 is 0 Å². The number of hydrogen-bond donors (Lipinski definition) is 1. The molecule has 2 aliphatic rings.